The maximum atomic E-state index is 11.7. The van der Waals surface area contributed by atoms with E-state index in [0.717, 1.165) is 59.3 Å². The number of carbonyl (C=O) groups excluding carboxylic acids is 1. The van der Waals surface area contributed by atoms with Crippen LogP contribution in [0.1, 0.15) is 50.1 Å². The molecule has 0 spiro atoms. The Hall–Kier alpha value is -2.93. The molecule has 0 amide bonds. The van der Waals surface area contributed by atoms with Crippen LogP contribution in [-0.2, 0) is 33.7 Å². The third kappa shape index (κ3) is 5.22. The van der Waals surface area contributed by atoms with Gasteiger partial charge >= 0.3 is 5.97 Å². The van der Waals surface area contributed by atoms with Crippen LogP contribution in [0.25, 0.3) is 16.6 Å². The van der Waals surface area contributed by atoms with Gasteiger partial charge < -0.3 is 14.2 Å². The minimum atomic E-state index is -0.149. The Kier molecular flexibility index (Phi) is 8.00. The highest BCUT2D eigenvalue weighted by Crippen LogP contribution is 2.34. The molecule has 3 aromatic rings. The highest BCUT2D eigenvalue weighted by atomic mass is 16.5. The molecule has 3 aromatic heterocycles. The second-order valence-corrected chi connectivity index (χ2v) is 7.33. The molecule has 3 rings (SSSR count). The number of esters is 1. The minimum absolute atomic E-state index is 0.149. The SMILES string of the molecule is CCOC(=O)CCCCc1c(COC)nn2c(CC)ccc2c1-c1cncc(OC)c1. The van der Waals surface area contributed by atoms with Crippen molar-refractivity contribution in [3.63, 3.8) is 0 Å². The number of fused-ring (bicyclic) bond motifs is 1. The summed E-state index contributed by atoms with van der Waals surface area (Å²) in [6, 6.07) is 6.22. The lowest BCUT2D eigenvalue weighted by Crippen LogP contribution is -2.10. The molecule has 0 aliphatic carbocycles. The standard InChI is InChI=1S/C24H31N3O4/c1-5-18-11-12-22-24(17-13-19(30-4)15-25-14-17)20(21(16-29-3)26-27(18)22)9-7-8-10-23(28)31-6-2/h11-15H,5-10,16H2,1-4H3. The largest absolute Gasteiger partial charge is 0.495 e. The number of aryl methyl sites for hydroxylation is 1. The summed E-state index contributed by atoms with van der Waals surface area (Å²) in [4.78, 5) is 16.1. The molecule has 31 heavy (non-hydrogen) atoms. The molecule has 0 saturated heterocycles. The van der Waals surface area contributed by atoms with Gasteiger partial charge in [0.2, 0.25) is 0 Å². The number of nitrogens with zero attached hydrogens (tertiary/aromatic N) is 3. The van der Waals surface area contributed by atoms with Gasteiger partial charge in [-0.2, -0.15) is 5.10 Å². The molecular weight excluding hydrogens is 394 g/mol. The molecule has 0 unspecified atom stereocenters. The van der Waals surface area contributed by atoms with Gasteiger partial charge in [0.15, 0.2) is 0 Å². The van der Waals surface area contributed by atoms with Crippen LogP contribution in [-0.4, -0.2) is 41.4 Å². The van der Waals surface area contributed by atoms with Crippen LogP contribution < -0.4 is 4.74 Å². The van der Waals surface area contributed by atoms with Crippen LogP contribution in [0.3, 0.4) is 0 Å². The van der Waals surface area contributed by atoms with E-state index in [2.05, 4.69) is 24.0 Å². The van der Waals surface area contributed by atoms with Crippen molar-refractivity contribution in [3.8, 4) is 16.9 Å². The molecule has 3 heterocycles. The Balaban J connectivity index is 2.06. The maximum Gasteiger partial charge on any atom is 0.305 e. The lowest BCUT2D eigenvalue weighted by Gasteiger charge is -2.17. The molecule has 0 atom stereocenters. The van der Waals surface area contributed by atoms with Crippen LogP contribution in [0.5, 0.6) is 5.75 Å². The average Bonchev–Trinajstić information content (AvgIpc) is 3.19. The molecule has 0 saturated carbocycles. The third-order valence-electron chi connectivity index (χ3n) is 5.30. The van der Waals surface area contributed by atoms with Gasteiger partial charge in [-0.25, -0.2) is 4.52 Å². The second kappa shape index (κ2) is 10.9. The fraction of sp³-hybridized carbons (Fsp3) is 0.458. The number of unbranched alkanes of at least 4 members (excludes halogenated alkanes) is 1. The summed E-state index contributed by atoms with van der Waals surface area (Å²) in [5.41, 5.74) is 6.25. The first-order valence-corrected chi connectivity index (χ1v) is 10.8. The molecule has 0 aliphatic rings. The number of rotatable bonds is 11. The zero-order chi connectivity index (χ0) is 22.2. The Morgan fingerprint density at radius 1 is 1.13 bits per heavy atom. The van der Waals surface area contributed by atoms with Crippen molar-refractivity contribution < 1.29 is 19.0 Å². The lowest BCUT2D eigenvalue weighted by molar-refractivity contribution is -0.143. The van der Waals surface area contributed by atoms with Crippen LogP contribution in [0.2, 0.25) is 0 Å². The highest BCUT2D eigenvalue weighted by Gasteiger charge is 2.19. The van der Waals surface area contributed by atoms with Crippen LogP contribution in [0.15, 0.2) is 30.6 Å². The second-order valence-electron chi connectivity index (χ2n) is 7.33. The number of ether oxygens (including phenoxy) is 3. The fourth-order valence-corrected chi connectivity index (χ4v) is 3.84. The predicted molar refractivity (Wildman–Crippen MR) is 119 cm³/mol. The fourth-order valence-electron chi connectivity index (χ4n) is 3.84. The van der Waals surface area contributed by atoms with Crippen LogP contribution in [0, 0.1) is 0 Å². The molecule has 0 aromatic carbocycles. The molecular formula is C24H31N3O4. The smallest absolute Gasteiger partial charge is 0.305 e. The van der Waals surface area contributed by atoms with E-state index in [-0.39, 0.29) is 5.97 Å². The van der Waals surface area contributed by atoms with E-state index in [0.29, 0.717) is 25.4 Å². The van der Waals surface area contributed by atoms with Crippen LogP contribution >= 0.6 is 0 Å². The van der Waals surface area contributed by atoms with Crippen molar-refractivity contribution in [1.82, 2.24) is 14.6 Å². The van der Waals surface area contributed by atoms with Gasteiger partial charge in [0.05, 0.1) is 37.7 Å². The van der Waals surface area contributed by atoms with Gasteiger partial charge in [-0.15, -0.1) is 0 Å². The number of hydrogen-bond acceptors (Lipinski definition) is 6. The van der Waals surface area contributed by atoms with E-state index < -0.39 is 0 Å². The van der Waals surface area contributed by atoms with Crippen molar-refractivity contribution in [2.75, 3.05) is 20.8 Å². The Labute approximate surface area is 183 Å². The topological polar surface area (TPSA) is 75.0 Å². The van der Waals surface area contributed by atoms with Crippen molar-refractivity contribution in [3.05, 3.63) is 47.5 Å². The summed E-state index contributed by atoms with van der Waals surface area (Å²) in [7, 11) is 3.32. The summed E-state index contributed by atoms with van der Waals surface area (Å²) in [6.45, 7) is 4.77. The summed E-state index contributed by atoms with van der Waals surface area (Å²) in [5, 5.41) is 4.92. The Bertz CT molecular complexity index is 1030. The normalized spacial score (nSPS) is 11.1. The summed E-state index contributed by atoms with van der Waals surface area (Å²) in [5.74, 6) is 0.556. The first-order valence-electron chi connectivity index (χ1n) is 10.8. The molecule has 0 radical (unpaired) electrons. The third-order valence-corrected chi connectivity index (χ3v) is 5.30. The highest BCUT2D eigenvalue weighted by molar-refractivity contribution is 5.84. The molecule has 166 valence electrons. The van der Waals surface area contributed by atoms with E-state index in [1.165, 1.54) is 0 Å². The zero-order valence-corrected chi connectivity index (χ0v) is 18.8. The average molecular weight is 426 g/mol. The van der Waals surface area contributed by atoms with Gasteiger partial charge in [-0.3, -0.25) is 9.78 Å². The summed E-state index contributed by atoms with van der Waals surface area (Å²) in [6.07, 6.45) is 7.24. The van der Waals surface area contributed by atoms with E-state index in [4.69, 9.17) is 19.3 Å². The lowest BCUT2D eigenvalue weighted by atomic mass is 9.95. The Morgan fingerprint density at radius 2 is 1.97 bits per heavy atom. The number of pyridine rings is 1. The molecule has 0 aliphatic heterocycles. The number of carbonyl (C=O) groups is 1. The molecule has 0 bridgehead atoms. The minimum Gasteiger partial charge on any atom is -0.495 e. The predicted octanol–water partition coefficient (Wildman–Crippen LogP) is 4.39. The number of methoxy groups -OCH3 is 2. The Morgan fingerprint density at radius 3 is 2.68 bits per heavy atom. The van der Waals surface area contributed by atoms with Crippen molar-refractivity contribution in [1.29, 1.82) is 0 Å². The molecule has 0 N–H and O–H groups in total. The van der Waals surface area contributed by atoms with Crippen LogP contribution in [0.4, 0.5) is 0 Å². The summed E-state index contributed by atoms with van der Waals surface area (Å²) < 4.78 is 18.0. The number of hydrogen-bond donors (Lipinski definition) is 0. The van der Waals surface area contributed by atoms with Gasteiger partial charge in [-0.05, 0) is 56.4 Å². The molecule has 7 nitrogen and oxygen atoms in total. The first-order chi connectivity index (χ1) is 15.1. The van der Waals surface area contributed by atoms with Crippen molar-refractivity contribution in [2.45, 2.75) is 52.6 Å². The molecule has 0 fully saturated rings. The van der Waals surface area contributed by atoms with Crippen molar-refractivity contribution >= 4 is 11.5 Å². The van der Waals surface area contributed by atoms with Gasteiger partial charge in [0.1, 0.15) is 5.75 Å². The monoisotopic (exact) mass is 425 g/mol. The zero-order valence-electron chi connectivity index (χ0n) is 18.8. The van der Waals surface area contributed by atoms with E-state index in [1.54, 1.807) is 20.4 Å². The van der Waals surface area contributed by atoms with E-state index in [1.807, 2.05) is 23.7 Å². The summed E-state index contributed by atoms with van der Waals surface area (Å²) >= 11 is 0. The first kappa shape index (κ1) is 22.7. The quantitative estimate of drug-likeness (QED) is 0.335. The van der Waals surface area contributed by atoms with E-state index >= 15 is 0 Å². The number of aromatic nitrogens is 3. The maximum absolute atomic E-state index is 11.7. The van der Waals surface area contributed by atoms with Gasteiger partial charge in [0, 0.05) is 36.5 Å². The van der Waals surface area contributed by atoms with Gasteiger partial charge in [0.25, 0.3) is 0 Å². The van der Waals surface area contributed by atoms with E-state index in [9.17, 15) is 4.79 Å². The molecule has 7 heteroatoms. The van der Waals surface area contributed by atoms with Crippen molar-refractivity contribution in [2.24, 2.45) is 0 Å². The van der Waals surface area contributed by atoms with Gasteiger partial charge in [-0.1, -0.05) is 6.92 Å².